The van der Waals surface area contributed by atoms with Crippen molar-refractivity contribution in [2.75, 3.05) is 0 Å². The summed E-state index contributed by atoms with van der Waals surface area (Å²) < 4.78 is 2.52. The van der Waals surface area contributed by atoms with Gasteiger partial charge in [0.2, 0.25) is 0 Å². The van der Waals surface area contributed by atoms with Crippen LogP contribution >= 0.6 is 0 Å². The predicted octanol–water partition coefficient (Wildman–Crippen LogP) is 10.00. The van der Waals surface area contributed by atoms with Gasteiger partial charge in [-0.05, 0) is 26.2 Å². The fourth-order valence-electron chi connectivity index (χ4n) is 4.75. The third-order valence-corrected chi connectivity index (χ3v) is 6.83. The molecule has 1 aromatic heterocycles. The molecule has 0 fully saturated rings. The summed E-state index contributed by atoms with van der Waals surface area (Å²) in [5.41, 5.74) is 0. The Labute approximate surface area is 189 Å². The molecular weight excluding hydrogens is 364 g/mol. The minimum atomic E-state index is 0.594. The minimum Gasteiger partial charge on any atom is -0.332 e. The maximum absolute atomic E-state index is 4.84. The summed E-state index contributed by atoms with van der Waals surface area (Å²) in [7, 11) is 0. The molecule has 0 amide bonds. The number of rotatable bonds is 21. The molecule has 0 saturated carbocycles. The highest BCUT2D eigenvalue weighted by atomic mass is 15.1. The highest BCUT2D eigenvalue weighted by molar-refractivity contribution is 5.02. The SMILES string of the molecule is CCCCCCCCCCCCCC(C)n1ccnc1C(CCCC)CCCCC. The molecule has 0 saturated heterocycles. The summed E-state index contributed by atoms with van der Waals surface area (Å²) in [6.07, 6.45) is 30.5. The Morgan fingerprint density at radius 3 is 1.70 bits per heavy atom. The van der Waals surface area contributed by atoms with Crippen molar-refractivity contribution in [3.8, 4) is 0 Å². The van der Waals surface area contributed by atoms with Crippen LogP contribution in [0.4, 0.5) is 0 Å². The van der Waals surface area contributed by atoms with Gasteiger partial charge < -0.3 is 4.57 Å². The Bertz CT molecular complexity index is 479. The van der Waals surface area contributed by atoms with Gasteiger partial charge in [0.05, 0.1) is 0 Å². The maximum atomic E-state index is 4.84. The van der Waals surface area contributed by atoms with Crippen molar-refractivity contribution in [1.82, 2.24) is 9.55 Å². The Morgan fingerprint density at radius 2 is 1.10 bits per heavy atom. The third-order valence-electron chi connectivity index (χ3n) is 6.83. The molecule has 2 atom stereocenters. The van der Waals surface area contributed by atoms with Gasteiger partial charge in [-0.15, -0.1) is 0 Å². The van der Waals surface area contributed by atoms with Crippen LogP contribution < -0.4 is 0 Å². The molecule has 0 bridgehead atoms. The quantitative estimate of drug-likeness (QED) is 0.182. The molecular formula is C28H54N2. The summed E-state index contributed by atoms with van der Waals surface area (Å²) in [4.78, 5) is 4.84. The Morgan fingerprint density at radius 1 is 0.633 bits per heavy atom. The number of nitrogens with zero attached hydrogens (tertiary/aromatic N) is 2. The van der Waals surface area contributed by atoms with E-state index in [0.717, 1.165) is 0 Å². The molecule has 0 radical (unpaired) electrons. The van der Waals surface area contributed by atoms with Crippen LogP contribution in [0.15, 0.2) is 12.4 Å². The van der Waals surface area contributed by atoms with Crippen LogP contribution in [0.5, 0.6) is 0 Å². The molecule has 0 spiro atoms. The lowest BCUT2D eigenvalue weighted by Crippen LogP contribution is -2.13. The lowest BCUT2D eigenvalue weighted by atomic mass is 9.94. The van der Waals surface area contributed by atoms with Crippen molar-refractivity contribution in [2.45, 2.75) is 162 Å². The molecule has 2 unspecified atom stereocenters. The summed E-state index contributed by atoms with van der Waals surface area (Å²) in [6.45, 7) is 9.32. The topological polar surface area (TPSA) is 17.8 Å². The molecule has 0 aliphatic rings. The van der Waals surface area contributed by atoms with E-state index in [9.17, 15) is 0 Å². The zero-order chi connectivity index (χ0) is 21.9. The zero-order valence-corrected chi connectivity index (χ0v) is 21.1. The van der Waals surface area contributed by atoms with Crippen LogP contribution in [0.25, 0.3) is 0 Å². The van der Waals surface area contributed by atoms with Gasteiger partial charge in [-0.1, -0.05) is 124 Å². The van der Waals surface area contributed by atoms with Gasteiger partial charge >= 0.3 is 0 Å². The van der Waals surface area contributed by atoms with E-state index in [1.54, 1.807) is 0 Å². The van der Waals surface area contributed by atoms with Crippen LogP contribution in [-0.2, 0) is 0 Å². The molecule has 0 aliphatic heterocycles. The van der Waals surface area contributed by atoms with Gasteiger partial charge in [0, 0.05) is 24.4 Å². The molecule has 1 heterocycles. The second-order valence-electron chi connectivity index (χ2n) is 9.70. The molecule has 176 valence electrons. The van der Waals surface area contributed by atoms with Crippen LogP contribution in [0, 0.1) is 0 Å². The zero-order valence-electron chi connectivity index (χ0n) is 21.1. The van der Waals surface area contributed by atoms with Crippen molar-refractivity contribution in [2.24, 2.45) is 0 Å². The van der Waals surface area contributed by atoms with Gasteiger partial charge in [-0.2, -0.15) is 0 Å². The monoisotopic (exact) mass is 418 g/mol. The fourth-order valence-corrected chi connectivity index (χ4v) is 4.75. The lowest BCUT2D eigenvalue weighted by Gasteiger charge is -2.22. The third kappa shape index (κ3) is 12.2. The molecule has 0 N–H and O–H groups in total. The number of aromatic nitrogens is 2. The Hall–Kier alpha value is -0.790. The predicted molar refractivity (Wildman–Crippen MR) is 134 cm³/mol. The van der Waals surface area contributed by atoms with Gasteiger partial charge in [0.1, 0.15) is 5.82 Å². The summed E-state index contributed by atoms with van der Waals surface area (Å²) in [5, 5.41) is 0. The first kappa shape index (κ1) is 27.2. The van der Waals surface area contributed by atoms with E-state index in [2.05, 4.69) is 38.5 Å². The van der Waals surface area contributed by atoms with Crippen LogP contribution in [0.2, 0.25) is 0 Å². The molecule has 1 aromatic rings. The first-order chi connectivity index (χ1) is 14.7. The summed E-state index contributed by atoms with van der Waals surface area (Å²) >= 11 is 0. The largest absolute Gasteiger partial charge is 0.332 e. The Kier molecular flexibility index (Phi) is 17.2. The van der Waals surface area contributed by atoms with E-state index >= 15 is 0 Å². The lowest BCUT2D eigenvalue weighted by molar-refractivity contribution is 0.417. The molecule has 30 heavy (non-hydrogen) atoms. The second kappa shape index (κ2) is 18.9. The summed E-state index contributed by atoms with van der Waals surface area (Å²) in [6, 6.07) is 0.594. The van der Waals surface area contributed by atoms with Gasteiger partial charge in [-0.25, -0.2) is 4.98 Å². The molecule has 0 aliphatic carbocycles. The summed E-state index contributed by atoms with van der Waals surface area (Å²) in [5.74, 6) is 2.03. The van der Waals surface area contributed by atoms with Gasteiger partial charge in [0.15, 0.2) is 0 Å². The molecule has 2 nitrogen and oxygen atoms in total. The van der Waals surface area contributed by atoms with E-state index in [-0.39, 0.29) is 0 Å². The number of unbranched alkanes of at least 4 members (excludes halogenated alkanes) is 13. The molecule has 2 heteroatoms. The van der Waals surface area contributed by atoms with E-state index < -0.39 is 0 Å². The van der Waals surface area contributed by atoms with Crippen molar-refractivity contribution in [3.05, 3.63) is 18.2 Å². The number of hydrogen-bond acceptors (Lipinski definition) is 1. The van der Waals surface area contributed by atoms with Crippen molar-refractivity contribution < 1.29 is 0 Å². The molecule has 1 rings (SSSR count). The van der Waals surface area contributed by atoms with E-state index in [0.29, 0.717) is 12.0 Å². The van der Waals surface area contributed by atoms with Crippen LogP contribution in [-0.4, -0.2) is 9.55 Å². The second-order valence-corrected chi connectivity index (χ2v) is 9.70. The highest BCUT2D eigenvalue weighted by Gasteiger charge is 2.19. The normalized spacial score (nSPS) is 13.6. The van der Waals surface area contributed by atoms with Gasteiger partial charge in [-0.3, -0.25) is 0 Å². The molecule has 0 aromatic carbocycles. The minimum absolute atomic E-state index is 0.594. The van der Waals surface area contributed by atoms with Crippen LogP contribution in [0.3, 0.4) is 0 Å². The van der Waals surface area contributed by atoms with Crippen molar-refractivity contribution in [3.63, 3.8) is 0 Å². The highest BCUT2D eigenvalue weighted by Crippen LogP contribution is 2.30. The average molecular weight is 419 g/mol. The van der Waals surface area contributed by atoms with E-state index in [1.165, 1.54) is 128 Å². The first-order valence-electron chi connectivity index (χ1n) is 13.8. The van der Waals surface area contributed by atoms with E-state index in [1.807, 2.05) is 6.20 Å². The smallest absolute Gasteiger partial charge is 0.111 e. The standard InChI is InChI=1S/C28H54N2/c1-5-8-11-12-13-14-15-16-17-18-20-21-26(4)30-25-24-29-28(30)27(22-10-7-3)23-19-9-6-2/h24-27H,5-23H2,1-4H3. The average Bonchev–Trinajstić information content (AvgIpc) is 3.24. The van der Waals surface area contributed by atoms with Gasteiger partial charge in [0.25, 0.3) is 0 Å². The van der Waals surface area contributed by atoms with Crippen molar-refractivity contribution >= 4 is 0 Å². The number of imidazole rings is 1. The maximum Gasteiger partial charge on any atom is 0.111 e. The fraction of sp³-hybridized carbons (Fsp3) is 0.893. The van der Waals surface area contributed by atoms with E-state index in [4.69, 9.17) is 4.98 Å². The number of hydrogen-bond donors (Lipinski definition) is 0. The Balaban J connectivity index is 2.28. The van der Waals surface area contributed by atoms with Crippen molar-refractivity contribution in [1.29, 1.82) is 0 Å². The van der Waals surface area contributed by atoms with Crippen LogP contribution in [0.1, 0.15) is 167 Å². The first-order valence-corrected chi connectivity index (χ1v) is 13.8.